The van der Waals surface area contributed by atoms with Crippen LogP contribution in [0.5, 0.6) is 0 Å². The van der Waals surface area contributed by atoms with E-state index < -0.39 is 0 Å². The summed E-state index contributed by atoms with van der Waals surface area (Å²) < 4.78 is 5.02. The van der Waals surface area contributed by atoms with Crippen LogP contribution >= 0.6 is 12.4 Å². The standard InChI is InChI=1S/C19H28N4O4.ClH/c24-17(7-9-21-19(26)16-6-3-11-27-16)23-10-2-4-14(13-23)12-22-18(25)15-5-1-8-20-15;/h3,6,11,14-15,20H,1-2,4-5,7-10,12-13H2,(H,21,26)(H,22,25);1H. The third kappa shape index (κ3) is 6.24. The van der Waals surface area contributed by atoms with Crippen LogP contribution in [0.3, 0.4) is 0 Å². The van der Waals surface area contributed by atoms with Gasteiger partial charge in [-0.05, 0) is 50.3 Å². The first-order valence-corrected chi connectivity index (χ1v) is 9.74. The first-order valence-electron chi connectivity index (χ1n) is 9.74. The molecule has 2 aliphatic rings. The summed E-state index contributed by atoms with van der Waals surface area (Å²) in [5.74, 6) is 0.311. The molecule has 3 amide bonds. The lowest BCUT2D eigenvalue weighted by Crippen LogP contribution is -2.47. The van der Waals surface area contributed by atoms with Crippen LogP contribution in [0.15, 0.2) is 22.8 Å². The number of carbonyl (C=O) groups excluding carboxylic acids is 3. The molecule has 0 saturated carbocycles. The summed E-state index contributed by atoms with van der Waals surface area (Å²) in [6.45, 7) is 3.18. The summed E-state index contributed by atoms with van der Waals surface area (Å²) in [6.07, 6.45) is 5.59. The molecule has 1 aromatic rings. The molecule has 8 nitrogen and oxygen atoms in total. The molecular formula is C19H29ClN4O4. The molecular weight excluding hydrogens is 384 g/mol. The van der Waals surface area contributed by atoms with Crippen molar-refractivity contribution in [1.82, 2.24) is 20.9 Å². The van der Waals surface area contributed by atoms with E-state index in [4.69, 9.17) is 4.42 Å². The van der Waals surface area contributed by atoms with Crippen molar-refractivity contribution in [2.75, 3.05) is 32.7 Å². The maximum absolute atomic E-state index is 12.4. The van der Waals surface area contributed by atoms with Gasteiger partial charge in [0.15, 0.2) is 5.76 Å². The monoisotopic (exact) mass is 412 g/mol. The lowest BCUT2D eigenvalue weighted by atomic mass is 9.97. The van der Waals surface area contributed by atoms with Crippen LogP contribution in [0.2, 0.25) is 0 Å². The quantitative estimate of drug-likeness (QED) is 0.618. The predicted molar refractivity (Wildman–Crippen MR) is 106 cm³/mol. The number of amides is 3. The maximum atomic E-state index is 12.4. The van der Waals surface area contributed by atoms with Gasteiger partial charge in [0, 0.05) is 32.6 Å². The van der Waals surface area contributed by atoms with Crippen molar-refractivity contribution in [1.29, 1.82) is 0 Å². The molecule has 1 aromatic heterocycles. The van der Waals surface area contributed by atoms with Crippen LogP contribution in [-0.2, 0) is 9.59 Å². The Balaban J connectivity index is 0.00000280. The van der Waals surface area contributed by atoms with Gasteiger partial charge in [0.1, 0.15) is 0 Å². The maximum Gasteiger partial charge on any atom is 0.286 e. The summed E-state index contributed by atoms with van der Waals surface area (Å²) in [6, 6.07) is 3.17. The van der Waals surface area contributed by atoms with Crippen LogP contribution in [0.25, 0.3) is 0 Å². The number of furan rings is 1. The Morgan fingerprint density at radius 1 is 1.21 bits per heavy atom. The van der Waals surface area contributed by atoms with Crippen molar-refractivity contribution in [3.8, 4) is 0 Å². The molecule has 3 heterocycles. The lowest BCUT2D eigenvalue weighted by Gasteiger charge is -2.33. The highest BCUT2D eigenvalue weighted by Crippen LogP contribution is 2.17. The van der Waals surface area contributed by atoms with Gasteiger partial charge >= 0.3 is 0 Å². The lowest BCUT2D eigenvalue weighted by molar-refractivity contribution is -0.132. The number of piperidine rings is 1. The fraction of sp³-hybridized carbons (Fsp3) is 0.632. The van der Waals surface area contributed by atoms with Crippen LogP contribution in [-0.4, -0.2) is 61.4 Å². The minimum atomic E-state index is -0.312. The second kappa shape index (κ2) is 11.1. The van der Waals surface area contributed by atoms with Gasteiger partial charge in [-0.15, -0.1) is 12.4 Å². The molecule has 156 valence electrons. The smallest absolute Gasteiger partial charge is 0.286 e. The van der Waals surface area contributed by atoms with Gasteiger partial charge in [-0.2, -0.15) is 0 Å². The molecule has 0 bridgehead atoms. The largest absolute Gasteiger partial charge is 0.459 e. The minimum absolute atomic E-state index is 0. The Kier molecular flexibility index (Phi) is 8.79. The molecule has 28 heavy (non-hydrogen) atoms. The number of nitrogens with zero attached hydrogens (tertiary/aromatic N) is 1. The first-order chi connectivity index (χ1) is 13.1. The van der Waals surface area contributed by atoms with E-state index in [-0.39, 0.29) is 60.8 Å². The van der Waals surface area contributed by atoms with Gasteiger partial charge in [-0.3, -0.25) is 14.4 Å². The molecule has 3 rings (SSSR count). The third-order valence-corrected chi connectivity index (χ3v) is 5.18. The zero-order valence-corrected chi connectivity index (χ0v) is 16.8. The van der Waals surface area contributed by atoms with Gasteiger partial charge in [0.05, 0.1) is 12.3 Å². The highest BCUT2D eigenvalue weighted by atomic mass is 35.5. The van der Waals surface area contributed by atoms with Crippen molar-refractivity contribution in [2.24, 2.45) is 5.92 Å². The van der Waals surface area contributed by atoms with E-state index in [1.54, 1.807) is 12.1 Å². The summed E-state index contributed by atoms with van der Waals surface area (Å²) in [4.78, 5) is 38.2. The Morgan fingerprint density at radius 2 is 2.07 bits per heavy atom. The van der Waals surface area contributed by atoms with Gasteiger partial charge in [0.25, 0.3) is 5.91 Å². The molecule has 0 aromatic carbocycles. The Morgan fingerprint density at radius 3 is 2.79 bits per heavy atom. The Labute approximate surface area is 171 Å². The van der Waals surface area contributed by atoms with E-state index in [0.29, 0.717) is 13.1 Å². The number of hydrogen-bond donors (Lipinski definition) is 3. The summed E-state index contributed by atoms with van der Waals surface area (Å²) in [7, 11) is 0. The number of hydrogen-bond acceptors (Lipinski definition) is 5. The van der Waals surface area contributed by atoms with E-state index in [1.165, 1.54) is 6.26 Å². The average Bonchev–Trinajstić information content (AvgIpc) is 3.40. The van der Waals surface area contributed by atoms with Crippen molar-refractivity contribution in [3.63, 3.8) is 0 Å². The highest BCUT2D eigenvalue weighted by molar-refractivity contribution is 5.91. The fourth-order valence-corrected chi connectivity index (χ4v) is 3.67. The van der Waals surface area contributed by atoms with Crippen LogP contribution in [0, 0.1) is 5.92 Å². The number of halogens is 1. The molecule has 2 aliphatic heterocycles. The van der Waals surface area contributed by atoms with Crippen molar-refractivity contribution in [3.05, 3.63) is 24.2 Å². The number of carbonyl (C=O) groups is 3. The van der Waals surface area contributed by atoms with Crippen LogP contribution in [0.4, 0.5) is 0 Å². The number of nitrogens with one attached hydrogen (secondary N) is 3. The number of likely N-dealkylation sites (tertiary alicyclic amines) is 1. The summed E-state index contributed by atoms with van der Waals surface area (Å²) in [5, 5.41) is 8.91. The molecule has 2 fully saturated rings. The predicted octanol–water partition coefficient (Wildman–Crippen LogP) is 0.928. The van der Waals surface area contributed by atoms with Gasteiger partial charge in [-0.25, -0.2) is 0 Å². The zero-order valence-electron chi connectivity index (χ0n) is 15.9. The van der Waals surface area contributed by atoms with E-state index in [1.807, 2.05) is 4.90 Å². The average molecular weight is 413 g/mol. The Hall–Kier alpha value is -2.06. The van der Waals surface area contributed by atoms with Crippen molar-refractivity contribution >= 4 is 30.1 Å². The first kappa shape index (κ1) is 22.2. The second-order valence-electron chi connectivity index (χ2n) is 7.23. The summed E-state index contributed by atoms with van der Waals surface area (Å²) in [5.41, 5.74) is 0. The fourth-order valence-electron chi connectivity index (χ4n) is 3.67. The van der Waals surface area contributed by atoms with Gasteiger partial charge in [-0.1, -0.05) is 0 Å². The molecule has 0 radical (unpaired) electrons. The molecule has 9 heteroatoms. The van der Waals surface area contributed by atoms with E-state index >= 15 is 0 Å². The highest BCUT2D eigenvalue weighted by Gasteiger charge is 2.26. The van der Waals surface area contributed by atoms with Gasteiger partial charge < -0.3 is 25.3 Å². The summed E-state index contributed by atoms with van der Waals surface area (Å²) >= 11 is 0. The zero-order chi connectivity index (χ0) is 19.1. The van der Waals surface area contributed by atoms with E-state index in [2.05, 4.69) is 16.0 Å². The third-order valence-electron chi connectivity index (χ3n) is 5.18. The van der Waals surface area contributed by atoms with E-state index in [0.717, 1.165) is 38.8 Å². The molecule has 2 atom stereocenters. The van der Waals surface area contributed by atoms with Crippen LogP contribution in [0.1, 0.15) is 42.7 Å². The molecule has 0 spiro atoms. The van der Waals surface area contributed by atoms with Gasteiger partial charge in [0.2, 0.25) is 11.8 Å². The topological polar surface area (TPSA) is 104 Å². The molecule has 0 aliphatic carbocycles. The van der Waals surface area contributed by atoms with Crippen LogP contribution < -0.4 is 16.0 Å². The molecule has 2 saturated heterocycles. The molecule has 3 N–H and O–H groups in total. The SMILES string of the molecule is Cl.O=C(NCCC(=O)N1CCCC(CNC(=O)C2CCCN2)C1)c1ccco1. The Bertz CT molecular complexity index is 646. The number of rotatable bonds is 7. The minimum Gasteiger partial charge on any atom is -0.459 e. The molecule has 2 unspecified atom stereocenters. The normalized spacial score (nSPS) is 21.6. The van der Waals surface area contributed by atoms with E-state index in [9.17, 15) is 14.4 Å². The van der Waals surface area contributed by atoms with Crippen molar-refractivity contribution in [2.45, 2.75) is 38.1 Å². The van der Waals surface area contributed by atoms with Crippen molar-refractivity contribution < 1.29 is 18.8 Å². The second-order valence-corrected chi connectivity index (χ2v) is 7.23.